The van der Waals surface area contributed by atoms with E-state index in [9.17, 15) is 0 Å². The summed E-state index contributed by atoms with van der Waals surface area (Å²) in [4.78, 5) is 6.86. The third kappa shape index (κ3) is 2.19. The van der Waals surface area contributed by atoms with Crippen LogP contribution in [-0.4, -0.2) is 17.1 Å². The van der Waals surface area contributed by atoms with Gasteiger partial charge in [-0.1, -0.05) is 52.9 Å². The van der Waals surface area contributed by atoms with Crippen LogP contribution in [-0.2, 0) is 6.42 Å². The van der Waals surface area contributed by atoms with Crippen LogP contribution >= 0.6 is 0 Å². The van der Waals surface area contributed by atoms with Gasteiger partial charge in [-0.3, -0.25) is 0 Å². The minimum atomic E-state index is 0.818. The van der Waals surface area contributed by atoms with Gasteiger partial charge in [-0.15, -0.1) is 5.10 Å². The molecule has 3 rings (SSSR count). The monoisotopic (exact) mass is 252 g/mol. The Hall–Kier alpha value is -2.29. The first-order chi connectivity index (χ1) is 9.28. The van der Waals surface area contributed by atoms with E-state index in [4.69, 9.17) is 4.84 Å². The Kier molecular flexibility index (Phi) is 2.95. The first kappa shape index (κ1) is 11.8. The maximum Gasteiger partial charge on any atom is 0.110 e. The number of para-hydroxylation sites is 1. The lowest BCUT2D eigenvalue weighted by atomic mass is 10.1. The predicted octanol–water partition coefficient (Wildman–Crippen LogP) is 2.99. The molecule has 0 aliphatic heterocycles. The van der Waals surface area contributed by atoms with E-state index in [1.54, 1.807) is 12.0 Å². The van der Waals surface area contributed by atoms with Crippen LogP contribution in [0.3, 0.4) is 0 Å². The van der Waals surface area contributed by atoms with E-state index < -0.39 is 0 Å². The predicted molar refractivity (Wildman–Crippen MR) is 76.2 cm³/mol. The van der Waals surface area contributed by atoms with Gasteiger partial charge >= 0.3 is 0 Å². The Morgan fingerprint density at radius 1 is 1.11 bits per heavy atom. The van der Waals surface area contributed by atoms with Gasteiger partial charge in [-0.25, -0.2) is 0 Å². The molecule has 3 aromatic rings. The number of nitrogens with zero attached hydrogens (tertiary/aromatic N) is 2. The zero-order chi connectivity index (χ0) is 13.2. The fourth-order valence-electron chi connectivity index (χ4n) is 2.39. The molecule has 0 aliphatic rings. The molecule has 0 bridgehead atoms. The number of aryl methyl sites for hydroxylation is 1. The third-order valence-electron chi connectivity index (χ3n) is 3.26. The van der Waals surface area contributed by atoms with Crippen LogP contribution in [0.5, 0.6) is 0 Å². The second-order valence-corrected chi connectivity index (χ2v) is 4.69. The van der Waals surface area contributed by atoms with Crippen molar-refractivity contribution in [3.63, 3.8) is 0 Å². The normalized spacial score (nSPS) is 10.8. The Morgan fingerprint density at radius 2 is 1.95 bits per heavy atom. The zero-order valence-electron chi connectivity index (χ0n) is 11.1. The zero-order valence-corrected chi connectivity index (χ0v) is 11.1. The standard InChI is InChI=1S/C16H16N2O/c1-12-6-5-7-13(10-12)11-15-14-8-3-4-9-16(14)18(17-15)19-2/h3-10H,11H2,1-2H3. The van der Waals surface area contributed by atoms with E-state index in [1.165, 1.54) is 11.1 Å². The molecule has 3 nitrogen and oxygen atoms in total. The highest BCUT2D eigenvalue weighted by Crippen LogP contribution is 2.20. The summed E-state index contributed by atoms with van der Waals surface area (Å²) in [6.07, 6.45) is 0.818. The van der Waals surface area contributed by atoms with E-state index in [0.717, 1.165) is 23.0 Å². The Labute approximate surface area is 112 Å². The molecule has 0 spiro atoms. The summed E-state index contributed by atoms with van der Waals surface area (Å²) >= 11 is 0. The molecule has 0 fully saturated rings. The smallest absolute Gasteiger partial charge is 0.110 e. The fourth-order valence-corrected chi connectivity index (χ4v) is 2.39. The molecule has 0 amide bonds. The van der Waals surface area contributed by atoms with Crippen molar-refractivity contribution in [1.29, 1.82) is 0 Å². The summed E-state index contributed by atoms with van der Waals surface area (Å²) in [6.45, 7) is 2.11. The highest BCUT2D eigenvalue weighted by atomic mass is 16.7. The van der Waals surface area contributed by atoms with E-state index in [1.807, 2.05) is 18.2 Å². The van der Waals surface area contributed by atoms with Crippen molar-refractivity contribution in [1.82, 2.24) is 9.94 Å². The second kappa shape index (κ2) is 4.76. The minimum absolute atomic E-state index is 0.818. The fraction of sp³-hybridized carbons (Fsp3) is 0.188. The van der Waals surface area contributed by atoms with Gasteiger partial charge in [0.15, 0.2) is 0 Å². The van der Waals surface area contributed by atoms with Crippen LogP contribution < -0.4 is 4.84 Å². The number of benzene rings is 2. The van der Waals surface area contributed by atoms with Crippen LogP contribution in [0.1, 0.15) is 16.8 Å². The first-order valence-electron chi connectivity index (χ1n) is 6.34. The van der Waals surface area contributed by atoms with Crippen molar-refractivity contribution in [3.05, 3.63) is 65.4 Å². The summed E-state index contributed by atoms with van der Waals surface area (Å²) in [5.41, 5.74) is 4.59. The average Bonchev–Trinajstić information content (AvgIpc) is 2.77. The van der Waals surface area contributed by atoms with Gasteiger partial charge in [0.1, 0.15) is 12.6 Å². The van der Waals surface area contributed by atoms with Crippen LogP contribution in [0, 0.1) is 6.92 Å². The lowest BCUT2D eigenvalue weighted by Gasteiger charge is -2.00. The molecule has 0 unspecified atom stereocenters. The Bertz CT molecular complexity index is 716. The SMILES string of the molecule is COn1nc(Cc2cccc(C)c2)c2ccccc21. The average molecular weight is 252 g/mol. The maximum absolute atomic E-state index is 5.28. The largest absolute Gasteiger partial charge is 0.399 e. The number of hydrogen-bond donors (Lipinski definition) is 0. The van der Waals surface area contributed by atoms with Crippen molar-refractivity contribution >= 4 is 10.9 Å². The van der Waals surface area contributed by atoms with Crippen LogP contribution in [0.4, 0.5) is 0 Å². The summed E-state index contributed by atoms with van der Waals surface area (Å²) in [7, 11) is 1.63. The lowest BCUT2D eigenvalue weighted by molar-refractivity contribution is 0.144. The molecule has 0 atom stereocenters. The van der Waals surface area contributed by atoms with Gasteiger partial charge in [0.25, 0.3) is 0 Å². The van der Waals surface area contributed by atoms with E-state index in [-0.39, 0.29) is 0 Å². The number of aromatic nitrogens is 2. The van der Waals surface area contributed by atoms with Crippen molar-refractivity contribution in [2.45, 2.75) is 13.3 Å². The number of fused-ring (bicyclic) bond motifs is 1. The van der Waals surface area contributed by atoms with E-state index in [0.29, 0.717) is 0 Å². The molecule has 19 heavy (non-hydrogen) atoms. The maximum atomic E-state index is 5.28. The number of hydrogen-bond acceptors (Lipinski definition) is 2. The summed E-state index contributed by atoms with van der Waals surface area (Å²) in [5.74, 6) is 0. The van der Waals surface area contributed by atoms with Crippen molar-refractivity contribution in [2.75, 3.05) is 7.11 Å². The van der Waals surface area contributed by atoms with Crippen molar-refractivity contribution in [3.8, 4) is 0 Å². The third-order valence-corrected chi connectivity index (χ3v) is 3.26. The molecule has 1 heterocycles. The minimum Gasteiger partial charge on any atom is -0.399 e. The molecule has 2 aromatic carbocycles. The molecule has 0 radical (unpaired) electrons. The second-order valence-electron chi connectivity index (χ2n) is 4.69. The molecule has 3 heteroatoms. The van der Waals surface area contributed by atoms with Crippen LogP contribution in [0.2, 0.25) is 0 Å². The van der Waals surface area contributed by atoms with Gasteiger partial charge in [0.2, 0.25) is 0 Å². The molecule has 0 saturated carbocycles. The van der Waals surface area contributed by atoms with Crippen molar-refractivity contribution < 1.29 is 4.84 Å². The first-order valence-corrected chi connectivity index (χ1v) is 6.34. The van der Waals surface area contributed by atoms with E-state index >= 15 is 0 Å². The molecular weight excluding hydrogens is 236 g/mol. The Balaban J connectivity index is 2.06. The summed E-state index contributed by atoms with van der Waals surface area (Å²) in [6, 6.07) is 16.7. The highest BCUT2D eigenvalue weighted by molar-refractivity contribution is 5.82. The van der Waals surface area contributed by atoms with Crippen LogP contribution in [0.25, 0.3) is 10.9 Å². The quantitative estimate of drug-likeness (QED) is 0.716. The van der Waals surface area contributed by atoms with Gasteiger partial charge in [0, 0.05) is 11.8 Å². The van der Waals surface area contributed by atoms with Gasteiger partial charge in [-0.2, -0.15) is 0 Å². The van der Waals surface area contributed by atoms with Crippen molar-refractivity contribution in [2.24, 2.45) is 0 Å². The van der Waals surface area contributed by atoms with Crippen LogP contribution in [0.15, 0.2) is 48.5 Å². The van der Waals surface area contributed by atoms with Gasteiger partial charge in [0.05, 0.1) is 5.69 Å². The summed E-state index contributed by atoms with van der Waals surface area (Å²) in [5, 5.41) is 5.67. The lowest BCUT2D eigenvalue weighted by Crippen LogP contribution is -2.07. The molecule has 0 N–H and O–H groups in total. The number of rotatable bonds is 3. The molecule has 0 aliphatic carbocycles. The van der Waals surface area contributed by atoms with E-state index in [2.05, 4.69) is 42.4 Å². The van der Waals surface area contributed by atoms with Gasteiger partial charge in [-0.05, 0) is 18.6 Å². The molecule has 0 saturated heterocycles. The molecule has 96 valence electrons. The Morgan fingerprint density at radius 3 is 2.74 bits per heavy atom. The molecule has 1 aromatic heterocycles. The van der Waals surface area contributed by atoms with Gasteiger partial charge < -0.3 is 4.84 Å². The molecular formula is C16H16N2O. The highest BCUT2D eigenvalue weighted by Gasteiger charge is 2.10. The summed E-state index contributed by atoms with van der Waals surface area (Å²) < 4.78 is 0. The topological polar surface area (TPSA) is 27.1 Å².